The van der Waals surface area contributed by atoms with Gasteiger partial charge >= 0.3 is 0 Å². The molecular weight excluding hydrogens is 228 g/mol. The topological polar surface area (TPSA) is 50.4 Å². The number of rotatable bonds is 3. The van der Waals surface area contributed by atoms with Gasteiger partial charge in [0, 0.05) is 13.0 Å². The molecule has 4 heteroatoms. The number of carbonyl (C=O) groups excluding carboxylic acids is 1. The summed E-state index contributed by atoms with van der Waals surface area (Å²) in [5.41, 5.74) is 0.929. The van der Waals surface area contributed by atoms with Gasteiger partial charge in [-0.25, -0.2) is 0 Å². The van der Waals surface area contributed by atoms with Gasteiger partial charge in [0.1, 0.15) is 5.75 Å². The zero-order valence-electron chi connectivity index (χ0n) is 10.3. The van der Waals surface area contributed by atoms with Gasteiger partial charge in [-0.2, -0.15) is 0 Å². The summed E-state index contributed by atoms with van der Waals surface area (Å²) in [6.07, 6.45) is 0.188. The Morgan fingerprint density at radius 3 is 3.22 bits per heavy atom. The SMILES string of the molecule is CC#CCCNC(=O)C1CNc2ccccc2O1. The van der Waals surface area contributed by atoms with Crippen LogP contribution in [0, 0.1) is 11.8 Å². The number of ether oxygens (including phenoxy) is 1. The number of anilines is 1. The Hall–Kier alpha value is -2.15. The highest BCUT2D eigenvalue weighted by molar-refractivity contribution is 5.83. The third-order valence-corrected chi connectivity index (χ3v) is 2.65. The fourth-order valence-corrected chi connectivity index (χ4v) is 1.75. The molecule has 1 aromatic carbocycles. The first kappa shape index (κ1) is 12.3. The number of hydrogen-bond donors (Lipinski definition) is 2. The molecule has 0 bridgehead atoms. The molecule has 1 atom stereocenters. The molecule has 2 rings (SSSR count). The van der Waals surface area contributed by atoms with Crippen LogP contribution in [-0.4, -0.2) is 25.1 Å². The van der Waals surface area contributed by atoms with Crippen molar-refractivity contribution in [1.29, 1.82) is 0 Å². The largest absolute Gasteiger partial charge is 0.477 e. The number of carbonyl (C=O) groups is 1. The molecule has 4 nitrogen and oxygen atoms in total. The van der Waals surface area contributed by atoms with Crippen LogP contribution in [0.3, 0.4) is 0 Å². The Kier molecular flexibility index (Phi) is 4.08. The first-order valence-electron chi connectivity index (χ1n) is 5.98. The lowest BCUT2D eigenvalue weighted by atomic mass is 10.2. The Labute approximate surface area is 107 Å². The van der Waals surface area contributed by atoms with Crippen LogP contribution in [0.25, 0.3) is 0 Å². The van der Waals surface area contributed by atoms with Crippen molar-refractivity contribution in [3.8, 4) is 17.6 Å². The maximum absolute atomic E-state index is 11.8. The van der Waals surface area contributed by atoms with E-state index >= 15 is 0 Å². The zero-order chi connectivity index (χ0) is 12.8. The predicted molar refractivity (Wildman–Crippen MR) is 70.4 cm³/mol. The quantitative estimate of drug-likeness (QED) is 0.624. The van der Waals surface area contributed by atoms with Gasteiger partial charge in [0.05, 0.1) is 12.2 Å². The van der Waals surface area contributed by atoms with Crippen LogP contribution >= 0.6 is 0 Å². The summed E-state index contributed by atoms with van der Waals surface area (Å²) in [6.45, 7) is 2.83. The number of amides is 1. The van der Waals surface area contributed by atoms with Crippen LogP contribution in [-0.2, 0) is 4.79 Å². The van der Waals surface area contributed by atoms with E-state index in [1.807, 2.05) is 24.3 Å². The molecule has 2 N–H and O–H groups in total. The molecule has 1 amide bonds. The summed E-state index contributed by atoms with van der Waals surface area (Å²) in [7, 11) is 0. The van der Waals surface area contributed by atoms with Crippen molar-refractivity contribution in [2.24, 2.45) is 0 Å². The Balaban J connectivity index is 1.88. The molecule has 0 fully saturated rings. The lowest BCUT2D eigenvalue weighted by Gasteiger charge is -2.26. The van der Waals surface area contributed by atoms with Crippen LogP contribution in [0.4, 0.5) is 5.69 Å². The molecule has 0 radical (unpaired) electrons. The summed E-state index contributed by atoms with van der Waals surface area (Å²) in [4.78, 5) is 11.8. The number of nitrogens with one attached hydrogen (secondary N) is 2. The number of fused-ring (bicyclic) bond motifs is 1. The monoisotopic (exact) mass is 244 g/mol. The summed E-state index contributed by atoms with van der Waals surface area (Å²) in [6, 6.07) is 7.60. The highest BCUT2D eigenvalue weighted by atomic mass is 16.5. The summed E-state index contributed by atoms with van der Waals surface area (Å²) < 4.78 is 5.64. The average molecular weight is 244 g/mol. The first-order chi connectivity index (χ1) is 8.81. The number of para-hydroxylation sites is 2. The molecule has 94 valence electrons. The summed E-state index contributed by atoms with van der Waals surface area (Å²) >= 11 is 0. The van der Waals surface area contributed by atoms with Gasteiger partial charge in [-0.05, 0) is 19.1 Å². The van der Waals surface area contributed by atoms with E-state index in [1.165, 1.54) is 0 Å². The highest BCUT2D eigenvalue weighted by Crippen LogP contribution is 2.27. The minimum absolute atomic E-state index is 0.102. The smallest absolute Gasteiger partial charge is 0.262 e. The van der Waals surface area contributed by atoms with Gasteiger partial charge in [0.15, 0.2) is 6.10 Å². The average Bonchev–Trinajstić information content (AvgIpc) is 2.43. The van der Waals surface area contributed by atoms with Gasteiger partial charge in [-0.15, -0.1) is 11.8 Å². The Morgan fingerprint density at radius 2 is 2.39 bits per heavy atom. The second-order valence-corrected chi connectivity index (χ2v) is 3.95. The van der Waals surface area contributed by atoms with Crippen LogP contribution in [0.1, 0.15) is 13.3 Å². The first-order valence-corrected chi connectivity index (χ1v) is 5.98. The maximum Gasteiger partial charge on any atom is 0.262 e. The minimum atomic E-state index is -0.477. The standard InChI is InChI=1S/C14H16N2O2/c1-2-3-6-9-15-14(17)13-10-16-11-7-4-5-8-12(11)18-13/h4-5,7-8,13,16H,6,9-10H2,1H3,(H,15,17). The van der Waals surface area contributed by atoms with Crippen LogP contribution in [0.15, 0.2) is 24.3 Å². The maximum atomic E-state index is 11.8. The minimum Gasteiger partial charge on any atom is -0.477 e. The van der Waals surface area contributed by atoms with Gasteiger partial charge in [0.25, 0.3) is 5.91 Å². The predicted octanol–water partition coefficient (Wildman–Crippen LogP) is 1.39. The van der Waals surface area contributed by atoms with Gasteiger partial charge in [0.2, 0.25) is 0 Å². The molecule has 0 saturated heterocycles. The van der Waals surface area contributed by atoms with Crippen molar-refractivity contribution in [3.05, 3.63) is 24.3 Å². The van der Waals surface area contributed by atoms with E-state index in [4.69, 9.17) is 4.74 Å². The van der Waals surface area contributed by atoms with E-state index in [-0.39, 0.29) is 5.91 Å². The molecule has 0 aliphatic carbocycles. The van der Waals surface area contributed by atoms with Crippen molar-refractivity contribution in [2.75, 3.05) is 18.4 Å². The molecule has 1 aliphatic heterocycles. The molecule has 0 saturated carbocycles. The van der Waals surface area contributed by atoms with E-state index in [1.54, 1.807) is 6.92 Å². The molecule has 1 heterocycles. The van der Waals surface area contributed by atoms with Crippen molar-refractivity contribution >= 4 is 11.6 Å². The van der Waals surface area contributed by atoms with Crippen LogP contribution in [0.2, 0.25) is 0 Å². The van der Waals surface area contributed by atoms with E-state index in [2.05, 4.69) is 22.5 Å². The van der Waals surface area contributed by atoms with Crippen molar-refractivity contribution in [2.45, 2.75) is 19.4 Å². The number of hydrogen-bond acceptors (Lipinski definition) is 3. The normalized spacial score (nSPS) is 16.4. The lowest BCUT2D eigenvalue weighted by molar-refractivity contribution is -0.127. The van der Waals surface area contributed by atoms with Crippen molar-refractivity contribution in [3.63, 3.8) is 0 Å². The molecule has 0 aromatic heterocycles. The van der Waals surface area contributed by atoms with E-state index in [9.17, 15) is 4.79 Å². The van der Waals surface area contributed by atoms with Gasteiger partial charge in [-0.3, -0.25) is 4.79 Å². The molecule has 1 aromatic rings. The summed E-state index contributed by atoms with van der Waals surface area (Å²) in [5.74, 6) is 6.31. The Morgan fingerprint density at radius 1 is 1.56 bits per heavy atom. The molecular formula is C14H16N2O2. The third kappa shape index (κ3) is 2.95. The zero-order valence-corrected chi connectivity index (χ0v) is 10.3. The highest BCUT2D eigenvalue weighted by Gasteiger charge is 2.24. The molecule has 1 unspecified atom stereocenters. The second-order valence-electron chi connectivity index (χ2n) is 3.95. The van der Waals surface area contributed by atoms with Crippen LogP contribution < -0.4 is 15.4 Å². The fraction of sp³-hybridized carbons (Fsp3) is 0.357. The molecule has 1 aliphatic rings. The fourth-order valence-electron chi connectivity index (χ4n) is 1.75. The van der Waals surface area contributed by atoms with Gasteiger partial charge < -0.3 is 15.4 Å². The van der Waals surface area contributed by atoms with E-state index in [0.717, 1.165) is 11.4 Å². The van der Waals surface area contributed by atoms with Crippen molar-refractivity contribution < 1.29 is 9.53 Å². The summed E-state index contributed by atoms with van der Waals surface area (Å²) in [5, 5.41) is 5.99. The lowest BCUT2D eigenvalue weighted by Crippen LogP contribution is -2.44. The Bertz CT molecular complexity index is 488. The van der Waals surface area contributed by atoms with E-state index < -0.39 is 6.10 Å². The van der Waals surface area contributed by atoms with E-state index in [0.29, 0.717) is 19.5 Å². The number of benzene rings is 1. The molecule has 18 heavy (non-hydrogen) atoms. The van der Waals surface area contributed by atoms with Crippen LogP contribution in [0.5, 0.6) is 5.75 Å². The molecule has 0 spiro atoms. The van der Waals surface area contributed by atoms with Crippen molar-refractivity contribution in [1.82, 2.24) is 5.32 Å². The second kappa shape index (κ2) is 5.97. The third-order valence-electron chi connectivity index (χ3n) is 2.65. The van der Waals surface area contributed by atoms with Gasteiger partial charge in [-0.1, -0.05) is 12.1 Å².